The highest BCUT2D eigenvalue weighted by molar-refractivity contribution is 9.10. The van der Waals surface area contributed by atoms with Crippen LogP contribution in [0.3, 0.4) is 0 Å². The van der Waals surface area contributed by atoms with Crippen LogP contribution in [-0.4, -0.2) is 25.2 Å². The van der Waals surface area contributed by atoms with Crippen molar-refractivity contribution in [3.8, 4) is 17.1 Å². The summed E-state index contributed by atoms with van der Waals surface area (Å²) in [5, 5.41) is 11.3. The van der Waals surface area contributed by atoms with Gasteiger partial charge in [-0.15, -0.1) is 5.10 Å². The van der Waals surface area contributed by atoms with Gasteiger partial charge in [-0.1, -0.05) is 12.1 Å². The third kappa shape index (κ3) is 2.43. The van der Waals surface area contributed by atoms with Gasteiger partial charge in [0.2, 0.25) is 0 Å². The molecule has 2 N–H and O–H groups in total. The van der Waals surface area contributed by atoms with Crippen molar-refractivity contribution in [3.63, 3.8) is 0 Å². The number of halogens is 3. The minimum absolute atomic E-state index is 0.111. The number of benzene rings is 1. The van der Waals surface area contributed by atoms with E-state index in [9.17, 15) is 8.78 Å². The highest BCUT2D eigenvalue weighted by Crippen LogP contribution is 2.28. The van der Waals surface area contributed by atoms with Crippen LogP contribution in [0, 0.1) is 5.82 Å². The first kappa shape index (κ1) is 14.5. The van der Waals surface area contributed by atoms with Gasteiger partial charge in [0.25, 0.3) is 0 Å². The fourth-order valence-corrected chi connectivity index (χ4v) is 2.35. The maximum Gasteiger partial charge on any atom is 0.187 e. The van der Waals surface area contributed by atoms with Crippen LogP contribution in [0.2, 0.25) is 0 Å². The smallest absolute Gasteiger partial charge is 0.187 e. The molecule has 0 saturated heterocycles. The Hall–Kier alpha value is -2.42. The lowest BCUT2D eigenvalue weighted by molar-refractivity contribution is 0.464. The highest BCUT2D eigenvalue weighted by atomic mass is 79.9. The maximum absolute atomic E-state index is 13.8. The first-order chi connectivity index (χ1) is 10.6. The maximum atomic E-state index is 13.8. The lowest BCUT2D eigenvalue weighted by Gasteiger charge is -2.10. The van der Waals surface area contributed by atoms with Crippen molar-refractivity contribution in [2.75, 3.05) is 5.73 Å². The van der Waals surface area contributed by atoms with Crippen molar-refractivity contribution >= 4 is 21.7 Å². The molecule has 0 spiro atoms. The van der Waals surface area contributed by atoms with Gasteiger partial charge < -0.3 is 5.73 Å². The molecule has 0 amide bonds. The fraction of sp³-hybridized carbons (Fsp3) is 0.0769. The van der Waals surface area contributed by atoms with Gasteiger partial charge in [-0.05, 0) is 38.5 Å². The molecular weight excluding hydrogens is 358 g/mol. The van der Waals surface area contributed by atoms with Gasteiger partial charge in [-0.3, -0.25) is 0 Å². The molecular formula is C13H9BrF2N6. The van der Waals surface area contributed by atoms with Crippen LogP contribution < -0.4 is 5.73 Å². The van der Waals surface area contributed by atoms with E-state index in [0.29, 0.717) is 10.2 Å². The second-order valence-electron chi connectivity index (χ2n) is 4.37. The Balaban J connectivity index is 2.22. The van der Waals surface area contributed by atoms with Crippen molar-refractivity contribution in [1.29, 1.82) is 0 Å². The van der Waals surface area contributed by atoms with Crippen LogP contribution in [0.25, 0.3) is 17.1 Å². The largest absolute Gasteiger partial charge is 0.382 e. The van der Waals surface area contributed by atoms with E-state index >= 15 is 0 Å². The molecule has 0 fully saturated rings. The number of anilines is 1. The second-order valence-corrected chi connectivity index (χ2v) is 5.29. The van der Waals surface area contributed by atoms with Gasteiger partial charge in [-0.2, -0.15) is 4.68 Å². The average Bonchev–Trinajstić information content (AvgIpc) is 2.98. The SMILES string of the molecule is Nc1ncc(Br)cc1-n1nnnc1-c1cccc(F)c1CF. The van der Waals surface area contributed by atoms with Crippen LogP contribution >= 0.6 is 15.9 Å². The third-order valence-electron chi connectivity index (χ3n) is 3.06. The van der Waals surface area contributed by atoms with Crippen molar-refractivity contribution < 1.29 is 8.78 Å². The Bertz CT molecular complexity index is 835. The molecule has 0 aliphatic heterocycles. The van der Waals surface area contributed by atoms with E-state index in [-0.39, 0.29) is 22.8 Å². The number of tetrazole rings is 1. The molecule has 9 heteroatoms. The first-order valence-electron chi connectivity index (χ1n) is 6.15. The van der Waals surface area contributed by atoms with Gasteiger partial charge in [-0.25, -0.2) is 13.8 Å². The zero-order valence-corrected chi connectivity index (χ0v) is 12.6. The molecule has 22 heavy (non-hydrogen) atoms. The Labute approximate surface area is 132 Å². The molecule has 0 aliphatic carbocycles. The molecule has 0 aliphatic rings. The van der Waals surface area contributed by atoms with E-state index < -0.39 is 12.5 Å². The molecule has 0 atom stereocenters. The molecule has 0 unspecified atom stereocenters. The van der Waals surface area contributed by atoms with Gasteiger partial charge >= 0.3 is 0 Å². The van der Waals surface area contributed by atoms with E-state index in [1.54, 1.807) is 12.1 Å². The summed E-state index contributed by atoms with van der Waals surface area (Å²) in [6.07, 6.45) is 1.53. The number of alkyl halides is 1. The molecule has 6 nitrogen and oxygen atoms in total. The van der Waals surface area contributed by atoms with Crippen LogP contribution in [0.1, 0.15) is 5.56 Å². The lowest BCUT2D eigenvalue weighted by Crippen LogP contribution is -2.06. The zero-order valence-electron chi connectivity index (χ0n) is 11.0. The summed E-state index contributed by atoms with van der Waals surface area (Å²) in [7, 11) is 0. The molecule has 2 heterocycles. The lowest BCUT2D eigenvalue weighted by atomic mass is 10.1. The van der Waals surface area contributed by atoms with Crippen molar-refractivity contribution in [3.05, 3.63) is 46.3 Å². The standard InChI is InChI=1S/C13H9BrF2N6/c14-7-4-11(12(17)18-6-7)22-13(19-20-21-22)8-2-1-3-10(16)9(8)5-15/h1-4,6H,5H2,(H2,17,18). The van der Waals surface area contributed by atoms with Gasteiger partial charge in [0, 0.05) is 21.8 Å². The minimum atomic E-state index is -0.971. The number of nitrogen functional groups attached to an aromatic ring is 1. The van der Waals surface area contributed by atoms with Crippen molar-refractivity contribution in [2.45, 2.75) is 6.67 Å². The van der Waals surface area contributed by atoms with Crippen LogP contribution in [0.15, 0.2) is 34.9 Å². The van der Waals surface area contributed by atoms with Crippen molar-refractivity contribution in [2.24, 2.45) is 0 Å². The Morgan fingerprint density at radius 2 is 2.14 bits per heavy atom. The van der Waals surface area contributed by atoms with Gasteiger partial charge in [0.05, 0.1) is 0 Å². The summed E-state index contributed by atoms with van der Waals surface area (Å²) in [6, 6.07) is 5.85. The summed E-state index contributed by atoms with van der Waals surface area (Å²) < 4.78 is 28.9. The number of nitrogens with zero attached hydrogens (tertiary/aromatic N) is 5. The van der Waals surface area contributed by atoms with Gasteiger partial charge in [0.1, 0.15) is 24.0 Å². The summed E-state index contributed by atoms with van der Waals surface area (Å²) in [4.78, 5) is 4.00. The highest BCUT2D eigenvalue weighted by Gasteiger charge is 2.18. The molecule has 0 radical (unpaired) electrons. The summed E-state index contributed by atoms with van der Waals surface area (Å²) in [5.74, 6) is -0.288. The normalized spacial score (nSPS) is 10.9. The van der Waals surface area contributed by atoms with E-state index in [1.165, 1.54) is 23.0 Å². The van der Waals surface area contributed by atoms with Crippen LogP contribution in [-0.2, 0) is 6.67 Å². The monoisotopic (exact) mass is 366 g/mol. The Morgan fingerprint density at radius 1 is 1.32 bits per heavy atom. The number of nitrogens with two attached hydrogens (primary N) is 1. The van der Waals surface area contributed by atoms with Gasteiger partial charge in [0.15, 0.2) is 5.82 Å². The summed E-state index contributed by atoms with van der Waals surface area (Å²) in [6.45, 7) is -0.971. The molecule has 0 saturated carbocycles. The first-order valence-corrected chi connectivity index (χ1v) is 6.94. The molecule has 3 rings (SSSR count). The number of rotatable bonds is 3. The molecule has 1 aromatic carbocycles. The quantitative estimate of drug-likeness (QED) is 0.770. The van der Waals surface area contributed by atoms with E-state index in [0.717, 1.165) is 0 Å². The number of pyridine rings is 1. The summed E-state index contributed by atoms with van der Waals surface area (Å²) >= 11 is 3.28. The summed E-state index contributed by atoms with van der Waals surface area (Å²) in [5.41, 5.74) is 6.38. The molecule has 3 aromatic rings. The average molecular weight is 367 g/mol. The molecule has 2 aromatic heterocycles. The topological polar surface area (TPSA) is 82.5 Å². The fourth-order valence-electron chi connectivity index (χ4n) is 2.03. The number of aromatic nitrogens is 5. The number of hydrogen-bond donors (Lipinski definition) is 1. The molecule has 112 valence electrons. The Morgan fingerprint density at radius 3 is 2.91 bits per heavy atom. The van der Waals surface area contributed by atoms with E-state index in [2.05, 4.69) is 36.4 Å². The van der Waals surface area contributed by atoms with Crippen LogP contribution in [0.4, 0.5) is 14.6 Å². The minimum Gasteiger partial charge on any atom is -0.382 e. The second kappa shape index (κ2) is 5.76. The number of hydrogen-bond acceptors (Lipinski definition) is 5. The predicted molar refractivity (Wildman–Crippen MR) is 79.3 cm³/mol. The van der Waals surface area contributed by atoms with Crippen molar-refractivity contribution in [1.82, 2.24) is 25.2 Å². The molecule has 0 bridgehead atoms. The van der Waals surface area contributed by atoms with E-state index in [1.807, 2.05) is 0 Å². The van der Waals surface area contributed by atoms with Crippen LogP contribution in [0.5, 0.6) is 0 Å². The third-order valence-corrected chi connectivity index (χ3v) is 3.49. The Kier molecular flexibility index (Phi) is 3.80. The predicted octanol–water partition coefficient (Wildman–Crippen LogP) is 2.68. The zero-order chi connectivity index (χ0) is 15.7. The van der Waals surface area contributed by atoms with E-state index in [4.69, 9.17) is 5.73 Å².